The Labute approximate surface area is 172 Å². The SMILES string of the molecule is COc1ccccc1N1C(=O)c2[nH]nc(CC(C)C)c2C1c1ccccc1Br. The molecule has 1 unspecified atom stereocenters. The molecule has 4 rings (SSSR count). The summed E-state index contributed by atoms with van der Waals surface area (Å²) in [4.78, 5) is 15.3. The van der Waals surface area contributed by atoms with Gasteiger partial charge in [-0.15, -0.1) is 0 Å². The van der Waals surface area contributed by atoms with E-state index in [0.29, 0.717) is 17.4 Å². The van der Waals surface area contributed by atoms with Gasteiger partial charge < -0.3 is 4.74 Å². The second-order valence-electron chi connectivity index (χ2n) is 7.33. The minimum atomic E-state index is -0.276. The number of amides is 1. The molecule has 144 valence electrons. The highest BCUT2D eigenvalue weighted by atomic mass is 79.9. The van der Waals surface area contributed by atoms with E-state index >= 15 is 0 Å². The van der Waals surface area contributed by atoms with Gasteiger partial charge in [0.15, 0.2) is 0 Å². The molecule has 0 radical (unpaired) electrons. The Hall–Kier alpha value is -2.60. The Kier molecular flexibility index (Phi) is 4.98. The zero-order valence-corrected chi connectivity index (χ0v) is 17.7. The molecule has 0 fully saturated rings. The van der Waals surface area contributed by atoms with Gasteiger partial charge >= 0.3 is 0 Å². The molecule has 0 saturated carbocycles. The molecule has 1 aromatic heterocycles. The van der Waals surface area contributed by atoms with Crippen molar-refractivity contribution < 1.29 is 9.53 Å². The van der Waals surface area contributed by atoms with Crippen LogP contribution in [0.25, 0.3) is 0 Å². The van der Waals surface area contributed by atoms with Gasteiger partial charge in [-0.25, -0.2) is 0 Å². The average Bonchev–Trinajstić information content (AvgIpc) is 3.21. The van der Waals surface area contributed by atoms with E-state index in [-0.39, 0.29) is 11.9 Å². The van der Waals surface area contributed by atoms with Crippen LogP contribution in [0.15, 0.2) is 53.0 Å². The minimum absolute atomic E-state index is 0.0947. The van der Waals surface area contributed by atoms with Gasteiger partial charge in [0.25, 0.3) is 5.91 Å². The number of ether oxygens (including phenoxy) is 1. The monoisotopic (exact) mass is 439 g/mol. The van der Waals surface area contributed by atoms with E-state index in [1.54, 1.807) is 7.11 Å². The van der Waals surface area contributed by atoms with E-state index in [1.165, 1.54) is 0 Å². The van der Waals surface area contributed by atoms with E-state index in [1.807, 2.05) is 53.4 Å². The minimum Gasteiger partial charge on any atom is -0.495 e. The zero-order valence-electron chi connectivity index (χ0n) is 16.1. The van der Waals surface area contributed by atoms with E-state index < -0.39 is 0 Å². The maximum Gasteiger partial charge on any atom is 0.277 e. The lowest BCUT2D eigenvalue weighted by Crippen LogP contribution is -2.30. The lowest BCUT2D eigenvalue weighted by atomic mass is 9.95. The summed E-state index contributed by atoms with van der Waals surface area (Å²) in [6, 6.07) is 15.4. The number of nitrogens with one attached hydrogen (secondary N) is 1. The Morgan fingerprint density at radius 1 is 1.18 bits per heavy atom. The van der Waals surface area contributed by atoms with Gasteiger partial charge in [0.2, 0.25) is 0 Å². The fraction of sp³-hybridized carbons (Fsp3) is 0.273. The first kappa shape index (κ1) is 18.7. The zero-order chi connectivity index (χ0) is 19.8. The van der Waals surface area contributed by atoms with Crippen molar-refractivity contribution in [3.05, 3.63) is 75.5 Å². The largest absolute Gasteiger partial charge is 0.495 e. The maximum absolute atomic E-state index is 13.4. The van der Waals surface area contributed by atoms with Gasteiger partial charge in [-0.05, 0) is 36.1 Å². The van der Waals surface area contributed by atoms with Crippen molar-refractivity contribution in [2.75, 3.05) is 12.0 Å². The predicted octanol–water partition coefficient (Wildman–Crippen LogP) is 5.13. The van der Waals surface area contributed by atoms with Crippen molar-refractivity contribution in [2.24, 2.45) is 5.92 Å². The number of hydrogen-bond donors (Lipinski definition) is 1. The van der Waals surface area contributed by atoms with Gasteiger partial charge in [-0.3, -0.25) is 14.8 Å². The van der Waals surface area contributed by atoms with Crippen LogP contribution >= 0.6 is 15.9 Å². The maximum atomic E-state index is 13.4. The lowest BCUT2D eigenvalue weighted by Gasteiger charge is -2.28. The number of halogens is 1. The Morgan fingerprint density at radius 2 is 1.89 bits per heavy atom. The molecule has 3 aromatic rings. The summed E-state index contributed by atoms with van der Waals surface area (Å²) in [5.74, 6) is 1.00. The van der Waals surface area contributed by atoms with Crippen LogP contribution in [-0.2, 0) is 6.42 Å². The topological polar surface area (TPSA) is 58.2 Å². The van der Waals surface area contributed by atoms with Crippen molar-refractivity contribution >= 4 is 27.5 Å². The number of aromatic amines is 1. The van der Waals surface area contributed by atoms with Gasteiger partial charge in [-0.1, -0.05) is 60.1 Å². The molecule has 1 amide bonds. The molecule has 1 atom stereocenters. The summed E-state index contributed by atoms with van der Waals surface area (Å²) in [6.45, 7) is 4.31. The number of fused-ring (bicyclic) bond motifs is 1. The van der Waals surface area contributed by atoms with E-state index in [4.69, 9.17) is 4.74 Å². The molecule has 0 spiro atoms. The second-order valence-corrected chi connectivity index (χ2v) is 8.18. The van der Waals surface area contributed by atoms with Crippen molar-refractivity contribution in [1.82, 2.24) is 10.2 Å². The summed E-state index contributed by atoms with van der Waals surface area (Å²) in [7, 11) is 1.62. The molecule has 5 nitrogen and oxygen atoms in total. The first-order valence-electron chi connectivity index (χ1n) is 9.31. The van der Waals surface area contributed by atoms with Gasteiger partial charge in [0.1, 0.15) is 11.4 Å². The predicted molar refractivity (Wildman–Crippen MR) is 113 cm³/mol. The van der Waals surface area contributed by atoms with Crippen LogP contribution in [0.4, 0.5) is 5.69 Å². The number of carbonyl (C=O) groups excluding carboxylic acids is 1. The number of para-hydroxylation sites is 2. The van der Waals surface area contributed by atoms with Crippen molar-refractivity contribution in [3.63, 3.8) is 0 Å². The lowest BCUT2D eigenvalue weighted by molar-refractivity contribution is 0.0988. The van der Waals surface area contributed by atoms with E-state index in [0.717, 1.165) is 33.4 Å². The average molecular weight is 440 g/mol. The fourth-order valence-corrected chi connectivity index (χ4v) is 4.33. The first-order chi connectivity index (χ1) is 13.5. The summed E-state index contributed by atoms with van der Waals surface area (Å²) >= 11 is 3.68. The molecule has 0 bridgehead atoms. The number of hydrogen-bond acceptors (Lipinski definition) is 3. The third kappa shape index (κ3) is 3.02. The summed E-state index contributed by atoms with van der Waals surface area (Å²) in [5.41, 5.74) is 4.22. The molecule has 1 N–H and O–H groups in total. The molecule has 0 saturated heterocycles. The number of nitrogens with zero attached hydrogens (tertiary/aromatic N) is 2. The molecule has 1 aliphatic heterocycles. The van der Waals surface area contributed by atoms with Crippen molar-refractivity contribution in [2.45, 2.75) is 26.3 Å². The molecule has 0 aliphatic carbocycles. The summed E-state index contributed by atoms with van der Waals surface area (Å²) in [5, 5.41) is 7.49. The first-order valence-corrected chi connectivity index (χ1v) is 10.1. The third-order valence-electron chi connectivity index (χ3n) is 4.99. The van der Waals surface area contributed by atoms with Crippen LogP contribution in [0.3, 0.4) is 0 Å². The number of anilines is 1. The van der Waals surface area contributed by atoms with Crippen molar-refractivity contribution in [3.8, 4) is 5.75 Å². The Morgan fingerprint density at radius 3 is 2.61 bits per heavy atom. The molecule has 2 heterocycles. The second kappa shape index (κ2) is 7.43. The molecular formula is C22H22BrN3O2. The highest BCUT2D eigenvalue weighted by Crippen LogP contribution is 2.46. The van der Waals surface area contributed by atoms with Gasteiger partial charge in [-0.2, -0.15) is 5.10 Å². The highest BCUT2D eigenvalue weighted by molar-refractivity contribution is 9.10. The third-order valence-corrected chi connectivity index (χ3v) is 5.72. The van der Waals surface area contributed by atoms with Gasteiger partial charge in [0, 0.05) is 10.0 Å². The number of rotatable bonds is 5. The van der Waals surface area contributed by atoms with E-state index in [2.05, 4.69) is 40.0 Å². The molecule has 1 aliphatic rings. The van der Waals surface area contributed by atoms with Crippen LogP contribution in [0.5, 0.6) is 5.75 Å². The van der Waals surface area contributed by atoms with Gasteiger partial charge in [0.05, 0.1) is 24.5 Å². The number of methoxy groups -OCH3 is 1. The van der Waals surface area contributed by atoms with Crippen molar-refractivity contribution in [1.29, 1.82) is 0 Å². The number of aromatic nitrogens is 2. The Balaban J connectivity index is 1.95. The van der Waals surface area contributed by atoms with Crippen LogP contribution < -0.4 is 9.64 Å². The number of carbonyl (C=O) groups is 1. The number of benzene rings is 2. The molecule has 28 heavy (non-hydrogen) atoms. The fourth-order valence-electron chi connectivity index (χ4n) is 3.82. The van der Waals surface area contributed by atoms with E-state index in [9.17, 15) is 4.79 Å². The molecular weight excluding hydrogens is 418 g/mol. The van der Waals surface area contributed by atoms with Crippen LogP contribution in [0.1, 0.15) is 47.2 Å². The molecule has 6 heteroatoms. The standard InChI is InChI=1S/C22H22BrN3O2/c1-13(2)12-16-19-20(25-24-16)22(27)26(17-10-6-7-11-18(17)28-3)21(19)14-8-4-5-9-15(14)23/h4-11,13,21H,12H2,1-3H3,(H,24,25). The summed E-state index contributed by atoms with van der Waals surface area (Å²) < 4.78 is 6.52. The number of H-pyrrole nitrogens is 1. The quantitative estimate of drug-likeness (QED) is 0.599. The molecule has 2 aromatic carbocycles. The van der Waals surface area contributed by atoms with Crippen LogP contribution in [0, 0.1) is 5.92 Å². The Bertz CT molecular complexity index is 1030. The summed E-state index contributed by atoms with van der Waals surface area (Å²) in [6.07, 6.45) is 0.805. The smallest absolute Gasteiger partial charge is 0.277 e. The van der Waals surface area contributed by atoms with Crippen LogP contribution in [0.2, 0.25) is 0 Å². The van der Waals surface area contributed by atoms with Crippen LogP contribution in [-0.4, -0.2) is 23.2 Å². The highest BCUT2D eigenvalue weighted by Gasteiger charge is 2.44. The normalized spacial score (nSPS) is 16.0.